The van der Waals surface area contributed by atoms with E-state index in [1.807, 2.05) is 36.4 Å². The Kier molecular flexibility index (Phi) is 6.07. The average molecular weight is 221 g/mol. The molecule has 0 atom stereocenters. The second-order valence-corrected chi connectivity index (χ2v) is 3.67. The summed E-state index contributed by atoms with van der Waals surface area (Å²) in [7, 11) is 1.43. The van der Waals surface area contributed by atoms with E-state index >= 15 is 0 Å². The quantitative estimate of drug-likeness (QED) is 0.674. The standard InChI is InChI=1S/C7H13NO2.C6H6/c1-10-7(9)8-5-3-2-4-6-8;1-2-4-6-5-3-1/h2-6H2,1H3;1-6H. The molecule has 1 aromatic rings. The van der Waals surface area contributed by atoms with Crippen molar-refractivity contribution in [2.24, 2.45) is 0 Å². The Bertz CT molecular complexity index is 255. The van der Waals surface area contributed by atoms with E-state index in [-0.39, 0.29) is 6.09 Å². The molecule has 1 saturated heterocycles. The zero-order valence-electron chi connectivity index (χ0n) is 9.76. The molecule has 0 spiro atoms. The van der Waals surface area contributed by atoms with Crippen molar-refractivity contribution in [2.75, 3.05) is 20.2 Å². The number of hydrogen-bond donors (Lipinski definition) is 0. The van der Waals surface area contributed by atoms with E-state index in [0.717, 1.165) is 25.9 Å². The molecule has 3 heteroatoms. The molecule has 2 rings (SSSR count). The summed E-state index contributed by atoms with van der Waals surface area (Å²) in [5.41, 5.74) is 0. The minimum atomic E-state index is -0.181. The third kappa shape index (κ3) is 4.82. The molecule has 1 aliphatic rings. The molecule has 16 heavy (non-hydrogen) atoms. The normalized spacial score (nSPS) is 14.7. The topological polar surface area (TPSA) is 29.5 Å². The maximum Gasteiger partial charge on any atom is 0.409 e. The molecule has 0 saturated carbocycles. The number of piperidine rings is 1. The Morgan fingerprint density at radius 2 is 1.38 bits per heavy atom. The summed E-state index contributed by atoms with van der Waals surface area (Å²) in [6, 6.07) is 12.0. The van der Waals surface area contributed by atoms with Crippen molar-refractivity contribution in [3.05, 3.63) is 36.4 Å². The number of benzene rings is 1. The fourth-order valence-corrected chi connectivity index (χ4v) is 1.59. The number of amides is 1. The molecule has 1 aromatic carbocycles. The summed E-state index contributed by atoms with van der Waals surface area (Å²) in [5.74, 6) is 0. The number of likely N-dealkylation sites (tertiary alicyclic amines) is 1. The predicted octanol–water partition coefficient (Wildman–Crippen LogP) is 2.93. The van der Waals surface area contributed by atoms with Crippen LogP contribution in [0.3, 0.4) is 0 Å². The van der Waals surface area contributed by atoms with Gasteiger partial charge in [0, 0.05) is 13.1 Å². The van der Waals surface area contributed by atoms with Crippen LogP contribution in [0.5, 0.6) is 0 Å². The van der Waals surface area contributed by atoms with Crippen LogP contribution in [0.15, 0.2) is 36.4 Å². The Morgan fingerprint density at radius 3 is 1.75 bits per heavy atom. The Labute approximate surface area is 97.0 Å². The molecule has 0 bridgehead atoms. The highest BCUT2D eigenvalue weighted by Crippen LogP contribution is 2.08. The summed E-state index contributed by atoms with van der Waals surface area (Å²) in [5, 5.41) is 0. The first-order valence-corrected chi connectivity index (χ1v) is 5.67. The summed E-state index contributed by atoms with van der Waals surface area (Å²) < 4.78 is 4.58. The molecule has 0 aliphatic carbocycles. The summed E-state index contributed by atoms with van der Waals surface area (Å²) in [4.78, 5) is 12.6. The molecule has 0 unspecified atom stereocenters. The number of hydrogen-bond acceptors (Lipinski definition) is 2. The fourth-order valence-electron chi connectivity index (χ4n) is 1.59. The molecule has 1 amide bonds. The lowest BCUT2D eigenvalue weighted by Crippen LogP contribution is -2.35. The zero-order chi connectivity index (χ0) is 11.6. The predicted molar refractivity (Wildman–Crippen MR) is 64.3 cm³/mol. The molecule has 0 N–H and O–H groups in total. The van der Waals surface area contributed by atoms with Gasteiger partial charge in [-0.25, -0.2) is 4.79 Å². The Hall–Kier alpha value is -1.51. The molecular weight excluding hydrogens is 202 g/mol. The average Bonchev–Trinajstić information content (AvgIpc) is 2.41. The van der Waals surface area contributed by atoms with Crippen LogP contribution >= 0.6 is 0 Å². The zero-order valence-corrected chi connectivity index (χ0v) is 9.76. The lowest BCUT2D eigenvalue weighted by atomic mass is 10.1. The van der Waals surface area contributed by atoms with Gasteiger partial charge in [0.2, 0.25) is 0 Å². The van der Waals surface area contributed by atoms with Crippen molar-refractivity contribution >= 4 is 6.09 Å². The van der Waals surface area contributed by atoms with Gasteiger partial charge in [0.1, 0.15) is 0 Å². The first-order chi connectivity index (χ1) is 7.84. The SMILES string of the molecule is COC(=O)N1CCCCC1.c1ccccc1. The molecule has 0 radical (unpaired) electrons. The van der Waals surface area contributed by atoms with E-state index in [0.29, 0.717) is 0 Å². The van der Waals surface area contributed by atoms with Gasteiger partial charge in [-0.2, -0.15) is 0 Å². The number of nitrogens with zero attached hydrogens (tertiary/aromatic N) is 1. The van der Waals surface area contributed by atoms with Crippen LogP contribution < -0.4 is 0 Å². The highest BCUT2D eigenvalue weighted by atomic mass is 16.5. The number of carbonyl (C=O) groups excluding carboxylic acids is 1. The lowest BCUT2D eigenvalue weighted by molar-refractivity contribution is 0.115. The maximum atomic E-state index is 10.9. The number of carbonyl (C=O) groups is 1. The minimum Gasteiger partial charge on any atom is -0.453 e. The van der Waals surface area contributed by atoms with E-state index < -0.39 is 0 Å². The minimum absolute atomic E-state index is 0.181. The van der Waals surface area contributed by atoms with Gasteiger partial charge in [0.15, 0.2) is 0 Å². The summed E-state index contributed by atoms with van der Waals surface area (Å²) in [6.45, 7) is 1.74. The molecule has 1 heterocycles. The van der Waals surface area contributed by atoms with Crippen molar-refractivity contribution < 1.29 is 9.53 Å². The van der Waals surface area contributed by atoms with E-state index in [2.05, 4.69) is 4.74 Å². The van der Waals surface area contributed by atoms with Crippen molar-refractivity contribution in [2.45, 2.75) is 19.3 Å². The van der Waals surface area contributed by atoms with E-state index in [1.165, 1.54) is 13.5 Å². The fraction of sp³-hybridized carbons (Fsp3) is 0.462. The van der Waals surface area contributed by atoms with Gasteiger partial charge in [0.25, 0.3) is 0 Å². The van der Waals surface area contributed by atoms with Crippen LogP contribution in [0.1, 0.15) is 19.3 Å². The maximum absolute atomic E-state index is 10.9. The van der Waals surface area contributed by atoms with Crippen molar-refractivity contribution in [1.82, 2.24) is 4.90 Å². The monoisotopic (exact) mass is 221 g/mol. The second kappa shape index (κ2) is 7.74. The first-order valence-electron chi connectivity index (χ1n) is 5.67. The molecule has 1 aliphatic heterocycles. The van der Waals surface area contributed by atoms with Gasteiger partial charge >= 0.3 is 6.09 Å². The van der Waals surface area contributed by atoms with Gasteiger partial charge in [-0.15, -0.1) is 0 Å². The van der Waals surface area contributed by atoms with Crippen LogP contribution in [-0.2, 0) is 4.74 Å². The van der Waals surface area contributed by atoms with Gasteiger partial charge in [0.05, 0.1) is 7.11 Å². The molecule has 3 nitrogen and oxygen atoms in total. The van der Waals surface area contributed by atoms with E-state index in [9.17, 15) is 4.79 Å². The van der Waals surface area contributed by atoms with Gasteiger partial charge < -0.3 is 9.64 Å². The third-order valence-electron chi connectivity index (χ3n) is 2.46. The van der Waals surface area contributed by atoms with Crippen LogP contribution in [0, 0.1) is 0 Å². The van der Waals surface area contributed by atoms with Gasteiger partial charge in [-0.3, -0.25) is 0 Å². The second-order valence-electron chi connectivity index (χ2n) is 3.67. The first kappa shape index (κ1) is 12.6. The Balaban J connectivity index is 0.000000181. The number of ether oxygens (including phenoxy) is 1. The van der Waals surface area contributed by atoms with Crippen LogP contribution in [0.25, 0.3) is 0 Å². The summed E-state index contributed by atoms with van der Waals surface area (Å²) >= 11 is 0. The van der Waals surface area contributed by atoms with Crippen molar-refractivity contribution in [3.63, 3.8) is 0 Å². The lowest BCUT2D eigenvalue weighted by Gasteiger charge is -2.24. The molecular formula is C13H19NO2. The summed E-state index contributed by atoms with van der Waals surface area (Å²) in [6.07, 6.45) is 3.30. The van der Waals surface area contributed by atoms with Gasteiger partial charge in [-0.1, -0.05) is 36.4 Å². The van der Waals surface area contributed by atoms with Crippen molar-refractivity contribution in [3.8, 4) is 0 Å². The van der Waals surface area contributed by atoms with E-state index in [4.69, 9.17) is 0 Å². The number of rotatable bonds is 0. The van der Waals surface area contributed by atoms with Crippen LogP contribution in [0.2, 0.25) is 0 Å². The highest BCUT2D eigenvalue weighted by Gasteiger charge is 2.15. The number of methoxy groups -OCH3 is 1. The third-order valence-corrected chi connectivity index (χ3v) is 2.46. The van der Waals surface area contributed by atoms with Crippen molar-refractivity contribution in [1.29, 1.82) is 0 Å². The highest BCUT2D eigenvalue weighted by molar-refractivity contribution is 5.67. The smallest absolute Gasteiger partial charge is 0.409 e. The molecule has 1 fully saturated rings. The van der Waals surface area contributed by atoms with E-state index in [1.54, 1.807) is 4.90 Å². The Morgan fingerprint density at radius 1 is 0.938 bits per heavy atom. The van der Waals surface area contributed by atoms with Crippen LogP contribution in [-0.4, -0.2) is 31.2 Å². The molecule has 88 valence electrons. The molecule has 0 aromatic heterocycles. The van der Waals surface area contributed by atoms with Crippen LogP contribution in [0.4, 0.5) is 4.79 Å². The largest absolute Gasteiger partial charge is 0.453 e. The van der Waals surface area contributed by atoms with Gasteiger partial charge in [-0.05, 0) is 19.3 Å².